The van der Waals surface area contributed by atoms with E-state index in [2.05, 4.69) is 29.6 Å². The van der Waals surface area contributed by atoms with Crippen LogP contribution in [0.15, 0.2) is 24.3 Å². The van der Waals surface area contributed by atoms with Gasteiger partial charge in [0.05, 0.1) is 7.11 Å². The van der Waals surface area contributed by atoms with Crippen molar-refractivity contribution in [3.63, 3.8) is 0 Å². The van der Waals surface area contributed by atoms with Gasteiger partial charge < -0.3 is 15.2 Å². The van der Waals surface area contributed by atoms with E-state index in [-0.39, 0.29) is 0 Å². The van der Waals surface area contributed by atoms with Crippen molar-refractivity contribution in [2.75, 3.05) is 13.7 Å². The quantitative estimate of drug-likeness (QED) is 0.844. The van der Waals surface area contributed by atoms with E-state index in [1.807, 2.05) is 0 Å². The lowest BCUT2D eigenvalue weighted by Gasteiger charge is -2.34. The Morgan fingerprint density at radius 2 is 1.86 bits per heavy atom. The molecule has 3 atom stereocenters. The van der Waals surface area contributed by atoms with Gasteiger partial charge in [0.1, 0.15) is 5.75 Å². The minimum atomic E-state index is 0.317. The Morgan fingerprint density at radius 3 is 2.48 bits per heavy atom. The fourth-order valence-electron chi connectivity index (χ4n) is 3.62. The Bertz CT molecular complexity index is 441. The first-order chi connectivity index (χ1) is 10.3. The third-order valence-electron chi connectivity index (χ3n) is 5.11. The molecule has 0 spiro atoms. The average Bonchev–Trinajstić information content (AvgIpc) is 3.38. The summed E-state index contributed by atoms with van der Waals surface area (Å²) < 4.78 is 5.26. The molecule has 0 heterocycles. The zero-order valence-corrected chi connectivity index (χ0v) is 12.9. The Kier molecular flexibility index (Phi) is 4.81. The molecular weight excluding hydrogens is 262 g/mol. The van der Waals surface area contributed by atoms with Gasteiger partial charge in [-0.2, -0.15) is 0 Å². The highest BCUT2D eigenvalue weighted by Crippen LogP contribution is 2.42. The molecule has 3 unspecified atom stereocenters. The number of aliphatic hydroxyl groups excluding tert-OH is 1. The van der Waals surface area contributed by atoms with Crippen molar-refractivity contribution in [1.29, 1.82) is 0 Å². The van der Waals surface area contributed by atoms with Crippen LogP contribution in [0.2, 0.25) is 0 Å². The van der Waals surface area contributed by atoms with E-state index in [0.29, 0.717) is 24.6 Å². The highest BCUT2D eigenvalue weighted by atomic mass is 16.5. The van der Waals surface area contributed by atoms with E-state index < -0.39 is 0 Å². The summed E-state index contributed by atoms with van der Waals surface area (Å²) >= 11 is 0. The summed E-state index contributed by atoms with van der Waals surface area (Å²) in [5, 5.41) is 13.5. The van der Waals surface area contributed by atoms with Gasteiger partial charge in [0.25, 0.3) is 0 Å². The molecule has 0 aromatic heterocycles. The summed E-state index contributed by atoms with van der Waals surface area (Å²) in [6.45, 7) is 0.317. The molecule has 2 aliphatic rings. The Morgan fingerprint density at radius 1 is 1.14 bits per heavy atom. The van der Waals surface area contributed by atoms with Gasteiger partial charge in [0, 0.05) is 18.7 Å². The molecule has 0 saturated heterocycles. The van der Waals surface area contributed by atoms with Gasteiger partial charge >= 0.3 is 0 Å². The van der Waals surface area contributed by atoms with Gasteiger partial charge in [-0.25, -0.2) is 0 Å². The maximum atomic E-state index is 9.61. The molecule has 2 aliphatic carbocycles. The minimum Gasteiger partial charge on any atom is -0.497 e. The molecule has 0 radical (unpaired) electrons. The number of benzene rings is 1. The van der Waals surface area contributed by atoms with Crippen molar-refractivity contribution in [2.45, 2.75) is 50.6 Å². The van der Waals surface area contributed by atoms with Gasteiger partial charge in [0.15, 0.2) is 0 Å². The predicted octanol–water partition coefficient (Wildman–Crippen LogP) is 3.29. The fourth-order valence-corrected chi connectivity index (χ4v) is 3.62. The van der Waals surface area contributed by atoms with Crippen LogP contribution in [0.4, 0.5) is 0 Å². The van der Waals surface area contributed by atoms with E-state index in [4.69, 9.17) is 4.74 Å². The van der Waals surface area contributed by atoms with Crippen LogP contribution in [-0.4, -0.2) is 24.9 Å². The number of nitrogens with one attached hydrogen (secondary N) is 1. The van der Waals surface area contributed by atoms with E-state index in [0.717, 1.165) is 18.1 Å². The molecule has 3 nitrogen and oxygen atoms in total. The van der Waals surface area contributed by atoms with Crippen LogP contribution >= 0.6 is 0 Å². The lowest BCUT2D eigenvalue weighted by Crippen LogP contribution is -2.42. The van der Waals surface area contributed by atoms with Crippen LogP contribution in [-0.2, 0) is 0 Å². The number of methoxy groups -OCH3 is 1. The zero-order chi connectivity index (χ0) is 14.7. The number of aliphatic hydroxyl groups is 1. The molecule has 3 heteroatoms. The predicted molar refractivity (Wildman–Crippen MR) is 84.4 cm³/mol. The monoisotopic (exact) mass is 289 g/mol. The van der Waals surface area contributed by atoms with Crippen molar-refractivity contribution < 1.29 is 9.84 Å². The fraction of sp³-hybridized carbons (Fsp3) is 0.667. The molecular formula is C18H27NO2. The molecule has 0 aliphatic heterocycles. The summed E-state index contributed by atoms with van der Waals surface area (Å²) in [4.78, 5) is 0. The Hall–Kier alpha value is -1.06. The number of rotatable bonds is 6. The molecule has 116 valence electrons. The SMILES string of the molecule is COc1ccc(C(NC2CCCCC2CO)C2CC2)cc1. The summed E-state index contributed by atoms with van der Waals surface area (Å²) in [5.41, 5.74) is 1.36. The van der Waals surface area contributed by atoms with Crippen molar-refractivity contribution >= 4 is 0 Å². The molecule has 21 heavy (non-hydrogen) atoms. The number of hydrogen-bond acceptors (Lipinski definition) is 3. The molecule has 3 rings (SSSR count). The topological polar surface area (TPSA) is 41.5 Å². The lowest BCUT2D eigenvalue weighted by atomic mass is 9.84. The molecule has 2 N–H and O–H groups in total. The molecule has 2 fully saturated rings. The molecule has 0 bridgehead atoms. The first-order valence-corrected chi connectivity index (χ1v) is 8.32. The smallest absolute Gasteiger partial charge is 0.118 e. The minimum absolute atomic E-state index is 0.317. The largest absolute Gasteiger partial charge is 0.497 e. The van der Waals surface area contributed by atoms with Gasteiger partial charge in [-0.3, -0.25) is 0 Å². The maximum absolute atomic E-state index is 9.61. The Balaban J connectivity index is 1.71. The molecule has 2 saturated carbocycles. The third kappa shape index (κ3) is 3.58. The van der Waals surface area contributed by atoms with Crippen molar-refractivity contribution in [1.82, 2.24) is 5.32 Å². The maximum Gasteiger partial charge on any atom is 0.118 e. The zero-order valence-electron chi connectivity index (χ0n) is 12.9. The summed E-state index contributed by atoms with van der Waals surface area (Å²) in [5.74, 6) is 2.11. The molecule has 1 aromatic carbocycles. The first kappa shape index (κ1) is 14.9. The van der Waals surface area contributed by atoms with Gasteiger partial charge in [0.2, 0.25) is 0 Å². The van der Waals surface area contributed by atoms with E-state index >= 15 is 0 Å². The third-order valence-corrected chi connectivity index (χ3v) is 5.11. The van der Waals surface area contributed by atoms with Gasteiger partial charge in [-0.15, -0.1) is 0 Å². The van der Waals surface area contributed by atoms with Gasteiger partial charge in [-0.1, -0.05) is 25.0 Å². The van der Waals surface area contributed by atoms with Crippen molar-refractivity contribution in [3.05, 3.63) is 29.8 Å². The highest BCUT2D eigenvalue weighted by molar-refractivity contribution is 5.30. The second-order valence-corrected chi connectivity index (χ2v) is 6.59. The lowest BCUT2D eigenvalue weighted by molar-refractivity contribution is 0.143. The summed E-state index contributed by atoms with van der Waals surface area (Å²) in [6, 6.07) is 9.38. The second-order valence-electron chi connectivity index (χ2n) is 6.59. The normalized spacial score (nSPS) is 27.3. The van der Waals surface area contributed by atoms with Crippen LogP contribution in [0.5, 0.6) is 5.75 Å². The van der Waals surface area contributed by atoms with Gasteiger partial charge in [-0.05, 0) is 55.2 Å². The van der Waals surface area contributed by atoms with Crippen LogP contribution < -0.4 is 10.1 Å². The Labute approximate surface area is 127 Å². The van der Waals surface area contributed by atoms with E-state index in [9.17, 15) is 5.11 Å². The summed E-state index contributed by atoms with van der Waals surface area (Å²) in [6.07, 6.45) is 7.55. The molecule has 0 amide bonds. The van der Waals surface area contributed by atoms with Crippen molar-refractivity contribution in [3.8, 4) is 5.75 Å². The van der Waals surface area contributed by atoms with E-state index in [1.165, 1.54) is 37.7 Å². The highest BCUT2D eigenvalue weighted by Gasteiger charge is 2.35. The average molecular weight is 289 g/mol. The standard InChI is InChI=1S/C18H27NO2/c1-21-16-10-8-14(9-11-16)18(13-6-7-13)19-17-5-3-2-4-15(17)12-20/h8-11,13,15,17-20H,2-7,12H2,1H3. The van der Waals surface area contributed by atoms with Crippen LogP contribution in [0.1, 0.15) is 50.1 Å². The molecule has 1 aromatic rings. The van der Waals surface area contributed by atoms with Crippen LogP contribution in [0.3, 0.4) is 0 Å². The van der Waals surface area contributed by atoms with Crippen LogP contribution in [0.25, 0.3) is 0 Å². The number of ether oxygens (including phenoxy) is 1. The number of hydrogen-bond donors (Lipinski definition) is 2. The first-order valence-electron chi connectivity index (χ1n) is 8.32. The second kappa shape index (κ2) is 6.80. The summed E-state index contributed by atoms with van der Waals surface area (Å²) in [7, 11) is 1.71. The van der Waals surface area contributed by atoms with E-state index in [1.54, 1.807) is 7.11 Å². The van der Waals surface area contributed by atoms with Crippen LogP contribution in [0, 0.1) is 11.8 Å². The van der Waals surface area contributed by atoms with Crippen molar-refractivity contribution in [2.24, 2.45) is 11.8 Å².